The smallest absolute Gasteiger partial charge is 0.247 e. The van der Waals surface area contributed by atoms with Gasteiger partial charge in [0.25, 0.3) is 0 Å². The largest absolute Gasteiger partial charge is 0.508 e. The van der Waals surface area contributed by atoms with Gasteiger partial charge in [-0.2, -0.15) is 0 Å². The number of aryl methyl sites for hydroxylation is 1. The number of hydrogen-bond donors (Lipinski definition) is 4. The van der Waals surface area contributed by atoms with Gasteiger partial charge >= 0.3 is 0 Å². The van der Waals surface area contributed by atoms with Crippen molar-refractivity contribution < 1.29 is 19.5 Å². The number of amides is 3. The van der Waals surface area contributed by atoms with Crippen LogP contribution in [-0.4, -0.2) is 53.4 Å². The number of carbonyl (C=O) groups is 3. The molecule has 0 spiro atoms. The maximum absolute atomic E-state index is 13.1. The van der Waals surface area contributed by atoms with E-state index >= 15 is 0 Å². The normalized spacial score (nSPS) is 26.3. The molecule has 40 heavy (non-hydrogen) atoms. The predicted octanol–water partition coefficient (Wildman–Crippen LogP) is 3.82. The minimum Gasteiger partial charge on any atom is -0.508 e. The molecule has 4 rings (SSSR count). The van der Waals surface area contributed by atoms with Crippen LogP contribution in [0, 0.1) is 24.7 Å². The first-order valence-electron chi connectivity index (χ1n) is 14.7. The van der Waals surface area contributed by atoms with Crippen LogP contribution in [0.3, 0.4) is 0 Å². The molecule has 8 nitrogen and oxygen atoms in total. The molecule has 1 aromatic carbocycles. The average molecular weight is 551 g/mol. The Bertz CT molecular complexity index is 1200. The van der Waals surface area contributed by atoms with E-state index in [1.165, 1.54) is 12.8 Å². The molecule has 0 aromatic heterocycles. The number of aromatic hydroxyl groups is 1. The van der Waals surface area contributed by atoms with Crippen molar-refractivity contribution in [1.82, 2.24) is 15.5 Å². The number of nitrogens with one attached hydrogen (secondary N) is 2. The van der Waals surface area contributed by atoms with Crippen LogP contribution in [0.4, 0.5) is 0 Å². The van der Waals surface area contributed by atoms with Crippen molar-refractivity contribution in [2.75, 3.05) is 13.1 Å². The molecule has 0 bridgehead atoms. The monoisotopic (exact) mass is 550 g/mol. The van der Waals surface area contributed by atoms with Crippen LogP contribution in [0.5, 0.6) is 5.75 Å². The Kier molecular flexibility index (Phi) is 9.08. The molecule has 1 saturated heterocycles. The molecule has 1 heterocycles. The van der Waals surface area contributed by atoms with Gasteiger partial charge in [-0.05, 0) is 119 Å². The van der Waals surface area contributed by atoms with Crippen molar-refractivity contribution in [3.05, 3.63) is 52.2 Å². The number of fused-ring (bicyclic) bond motifs is 1. The Morgan fingerprint density at radius 2 is 2.00 bits per heavy atom. The van der Waals surface area contributed by atoms with E-state index in [2.05, 4.69) is 29.4 Å². The van der Waals surface area contributed by atoms with Gasteiger partial charge in [0.05, 0.1) is 0 Å². The van der Waals surface area contributed by atoms with E-state index in [-0.39, 0.29) is 34.9 Å². The topological polar surface area (TPSA) is 125 Å². The molecule has 5 N–H and O–H groups in total. The van der Waals surface area contributed by atoms with Crippen LogP contribution < -0.4 is 16.4 Å². The number of piperidine rings is 1. The van der Waals surface area contributed by atoms with Crippen molar-refractivity contribution in [3.63, 3.8) is 0 Å². The van der Waals surface area contributed by atoms with Crippen molar-refractivity contribution in [2.45, 2.75) is 90.6 Å². The molecular weight excluding hydrogens is 504 g/mol. The second kappa shape index (κ2) is 12.2. The van der Waals surface area contributed by atoms with Gasteiger partial charge in [-0.1, -0.05) is 19.9 Å². The molecule has 2 aliphatic carbocycles. The van der Waals surface area contributed by atoms with Crippen LogP contribution in [0.1, 0.15) is 77.3 Å². The number of carbonyl (C=O) groups excluding carboxylic acids is 3. The zero-order valence-corrected chi connectivity index (χ0v) is 24.6. The lowest BCUT2D eigenvalue weighted by Gasteiger charge is -2.55. The molecular formula is C32H46N4O4. The Labute approximate surface area is 238 Å². The zero-order chi connectivity index (χ0) is 29.2. The summed E-state index contributed by atoms with van der Waals surface area (Å²) in [7, 11) is 0. The molecule has 8 heteroatoms. The second-order valence-corrected chi connectivity index (χ2v) is 12.7. The number of phenols is 1. The van der Waals surface area contributed by atoms with E-state index in [1.54, 1.807) is 13.0 Å². The fourth-order valence-corrected chi connectivity index (χ4v) is 6.97. The third-order valence-electron chi connectivity index (χ3n) is 9.32. The van der Waals surface area contributed by atoms with E-state index in [4.69, 9.17) is 5.73 Å². The van der Waals surface area contributed by atoms with Gasteiger partial charge in [0, 0.05) is 29.3 Å². The summed E-state index contributed by atoms with van der Waals surface area (Å²) >= 11 is 0. The first-order chi connectivity index (χ1) is 18.9. The Morgan fingerprint density at radius 1 is 1.27 bits per heavy atom. The van der Waals surface area contributed by atoms with Crippen LogP contribution in [0.25, 0.3) is 0 Å². The standard InChI is InChI=1S/C32H46N4O4/c1-19(2)12-28(30(33)39)35-31(40)21(4)13-24-14-27-22(5)36(17-23-7-8-23)11-10-32(27,16-29(24)34-18-37)26-15-25(38)9-6-20(26)3/h6,9,13,15,18-19,22-23,27-28,38H,7-8,10-12,14,16-17H2,1-5H3,(H2,33,39)(H,34,37)(H,35,40)/b21-13+. The van der Waals surface area contributed by atoms with Crippen molar-refractivity contribution in [2.24, 2.45) is 23.5 Å². The number of phenolic OH excluding ortho intramolecular Hbond substituents is 1. The number of rotatable bonds is 11. The lowest BCUT2D eigenvalue weighted by Crippen LogP contribution is -2.57. The van der Waals surface area contributed by atoms with Crippen molar-refractivity contribution >= 4 is 18.2 Å². The number of primary amides is 1. The second-order valence-electron chi connectivity index (χ2n) is 12.7. The fourth-order valence-electron chi connectivity index (χ4n) is 6.97. The molecule has 3 aliphatic rings. The number of nitrogens with zero attached hydrogens (tertiary/aromatic N) is 1. The average Bonchev–Trinajstić information content (AvgIpc) is 3.71. The maximum atomic E-state index is 13.1. The molecule has 1 aliphatic heterocycles. The molecule has 4 atom stereocenters. The van der Waals surface area contributed by atoms with Gasteiger partial charge in [0.2, 0.25) is 18.2 Å². The molecule has 0 radical (unpaired) electrons. The van der Waals surface area contributed by atoms with E-state index in [0.29, 0.717) is 31.2 Å². The molecule has 2 fully saturated rings. The number of nitrogens with two attached hydrogens (primary N) is 1. The highest BCUT2D eigenvalue weighted by molar-refractivity contribution is 5.96. The Hall–Kier alpha value is -3.13. The predicted molar refractivity (Wildman–Crippen MR) is 156 cm³/mol. The molecule has 1 saturated carbocycles. The van der Waals surface area contributed by atoms with Gasteiger partial charge in [0.1, 0.15) is 11.8 Å². The van der Waals surface area contributed by atoms with E-state index in [9.17, 15) is 19.5 Å². The van der Waals surface area contributed by atoms with E-state index in [0.717, 1.165) is 47.8 Å². The number of hydrogen-bond acceptors (Lipinski definition) is 5. The van der Waals surface area contributed by atoms with Crippen LogP contribution >= 0.6 is 0 Å². The summed E-state index contributed by atoms with van der Waals surface area (Å²) in [4.78, 5) is 39.5. The highest BCUT2D eigenvalue weighted by Gasteiger charge is 2.51. The lowest BCUT2D eigenvalue weighted by molar-refractivity contribution is -0.125. The highest BCUT2D eigenvalue weighted by Crippen LogP contribution is 2.54. The van der Waals surface area contributed by atoms with Gasteiger partial charge in [-0.3, -0.25) is 14.4 Å². The summed E-state index contributed by atoms with van der Waals surface area (Å²) in [5.74, 6) is 0.562. The number of likely N-dealkylation sites (tertiary alicyclic amines) is 1. The van der Waals surface area contributed by atoms with Crippen molar-refractivity contribution in [1.29, 1.82) is 0 Å². The summed E-state index contributed by atoms with van der Waals surface area (Å²) in [5, 5.41) is 16.3. The molecule has 218 valence electrons. The Morgan fingerprint density at radius 3 is 2.62 bits per heavy atom. The molecule has 3 amide bonds. The van der Waals surface area contributed by atoms with Gasteiger partial charge in [0.15, 0.2) is 0 Å². The molecule has 4 unspecified atom stereocenters. The first kappa shape index (κ1) is 29.8. The number of allylic oxidation sites excluding steroid dienone is 3. The van der Waals surface area contributed by atoms with Gasteiger partial charge in [-0.15, -0.1) is 0 Å². The summed E-state index contributed by atoms with van der Waals surface area (Å²) in [6.45, 7) is 12.2. The van der Waals surface area contributed by atoms with Gasteiger partial charge < -0.3 is 26.4 Å². The third-order valence-corrected chi connectivity index (χ3v) is 9.32. The van der Waals surface area contributed by atoms with Crippen LogP contribution in [0.2, 0.25) is 0 Å². The zero-order valence-electron chi connectivity index (χ0n) is 24.6. The van der Waals surface area contributed by atoms with E-state index in [1.807, 2.05) is 32.1 Å². The third kappa shape index (κ3) is 6.43. The minimum atomic E-state index is -0.737. The Balaban J connectivity index is 1.72. The van der Waals surface area contributed by atoms with Crippen LogP contribution in [-0.2, 0) is 19.8 Å². The lowest BCUT2D eigenvalue weighted by atomic mass is 9.56. The summed E-state index contributed by atoms with van der Waals surface area (Å²) in [6, 6.07) is 5.16. The SMILES string of the molecule is C/C(=C\C1=C(NC=O)CC2(c3cc(O)ccc3C)CCN(CC3CC3)C(C)C2C1)C(=O)NC(CC(C)C)C(N)=O. The fraction of sp³-hybridized carbons (Fsp3) is 0.594. The van der Waals surface area contributed by atoms with E-state index < -0.39 is 11.9 Å². The van der Waals surface area contributed by atoms with Crippen molar-refractivity contribution in [3.8, 4) is 5.75 Å². The maximum Gasteiger partial charge on any atom is 0.247 e. The quantitative estimate of drug-likeness (QED) is 0.246. The summed E-state index contributed by atoms with van der Waals surface area (Å²) in [6.07, 6.45) is 7.85. The highest BCUT2D eigenvalue weighted by atomic mass is 16.3. The summed E-state index contributed by atoms with van der Waals surface area (Å²) in [5.41, 5.74) is 9.77. The van der Waals surface area contributed by atoms with Gasteiger partial charge in [-0.25, -0.2) is 0 Å². The molecule has 1 aromatic rings. The minimum absolute atomic E-state index is 0.201. The number of benzene rings is 1. The summed E-state index contributed by atoms with van der Waals surface area (Å²) < 4.78 is 0. The first-order valence-corrected chi connectivity index (χ1v) is 14.7. The van der Waals surface area contributed by atoms with Crippen LogP contribution in [0.15, 0.2) is 41.1 Å².